The zero-order chi connectivity index (χ0) is 14.8. The third-order valence-electron chi connectivity index (χ3n) is 4.15. The van der Waals surface area contributed by atoms with E-state index in [0.29, 0.717) is 5.41 Å². The van der Waals surface area contributed by atoms with Gasteiger partial charge in [0.05, 0.1) is 10.7 Å². The molecule has 0 saturated carbocycles. The molecule has 0 aromatic carbocycles. The van der Waals surface area contributed by atoms with Crippen molar-refractivity contribution in [3.8, 4) is 0 Å². The zero-order valence-electron chi connectivity index (χ0n) is 13.5. The van der Waals surface area contributed by atoms with Crippen LogP contribution in [-0.4, -0.2) is 30.3 Å². The lowest BCUT2D eigenvalue weighted by molar-refractivity contribution is 0.0121. The molecule has 1 fully saturated rings. The van der Waals surface area contributed by atoms with E-state index in [1.807, 2.05) is 11.3 Å². The van der Waals surface area contributed by atoms with Crippen molar-refractivity contribution >= 4 is 11.3 Å². The Morgan fingerprint density at radius 1 is 1.25 bits per heavy atom. The molecular formula is C16H28N2OS. The number of aromatic nitrogens is 1. The van der Waals surface area contributed by atoms with Crippen LogP contribution in [0.1, 0.15) is 49.2 Å². The number of nitrogens with zero attached hydrogens (tertiary/aromatic N) is 1. The number of ether oxygens (including phenoxy) is 1. The first-order valence-electron chi connectivity index (χ1n) is 7.55. The van der Waals surface area contributed by atoms with Crippen LogP contribution in [0.4, 0.5) is 0 Å². The van der Waals surface area contributed by atoms with Gasteiger partial charge < -0.3 is 10.1 Å². The van der Waals surface area contributed by atoms with E-state index in [1.165, 1.54) is 15.6 Å². The molecule has 4 heteroatoms. The fourth-order valence-corrected chi connectivity index (χ4v) is 3.72. The second-order valence-corrected chi connectivity index (χ2v) is 8.43. The number of nitrogens with one attached hydrogen (secondary N) is 1. The maximum Gasteiger partial charge on any atom is 0.0936 e. The molecule has 0 amide bonds. The molecule has 0 bridgehead atoms. The first kappa shape index (κ1) is 15.9. The third kappa shape index (κ3) is 4.27. The molecule has 2 rings (SSSR count). The average molecular weight is 296 g/mol. The van der Waals surface area contributed by atoms with Crippen molar-refractivity contribution in [2.45, 2.75) is 59.4 Å². The van der Waals surface area contributed by atoms with E-state index in [2.05, 4.69) is 39.9 Å². The minimum absolute atomic E-state index is 0.167. The Labute approximate surface area is 127 Å². The van der Waals surface area contributed by atoms with E-state index >= 15 is 0 Å². The van der Waals surface area contributed by atoms with E-state index in [9.17, 15) is 0 Å². The number of hydrogen-bond acceptors (Lipinski definition) is 4. The highest BCUT2D eigenvalue weighted by molar-refractivity contribution is 7.11. The monoisotopic (exact) mass is 296 g/mol. The average Bonchev–Trinajstić information content (AvgIpc) is 2.66. The van der Waals surface area contributed by atoms with Crippen molar-refractivity contribution in [3.63, 3.8) is 0 Å². The first-order chi connectivity index (χ1) is 9.30. The van der Waals surface area contributed by atoms with Gasteiger partial charge in [-0.3, -0.25) is 0 Å². The van der Waals surface area contributed by atoms with E-state index in [1.54, 1.807) is 0 Å². The minimum atomic E-state index is 0.167. The molecule has 2 heterocycles. The van der Waals surface area contributed by atoms with Gasteiger partial charge in [-0.1, -0.05) is 0 Å². The summed E-state index contributed by atoms with van der Waals surface area (Å²) >= 11 is 1.86. The molecule has 3 nitrogen and oxygen atoms in total. The van der Waals surface area contributed by atoms with Gasteiger partial charge >= 0.3 is 0 Å². The third-order valence-corrected chi connectivity index (χ3v) is 5.22. The van der Waals surface area contributed by atoms with Crippen LogP contribution in [-0.2, 0) is 11.2 Å². The Kier molecular flexibility index (Phi) is 4.88. The van der Waals surface area contributed by atoms with Gasteiger partial charge in [-0.25, -0.2) is 4.98 Å². The van der Waals surface area contributed by atoms with E-state index in [0.717, 1.165) is 39.0 Å². The highest BCUT2D eigenvalue weighted by atomic mass is 32.1. The number of thiazole rings is 1. The zero-order valence-corrected chi connectivity index (χ0v) is 14.3. The Bertz CT molecular complexity index is 422. The second kappa shape index (κ2) is 6.12. The predicted octanol–water partition coefficient (Wildman–Crippen LogP) is 3.49. The lowest BCUT2D eigenvalue weighted by Crippen LogP contribution is -2.47. The predicted molar refractivity (Wildman–Crippen MR) is 85.5 cm³/mol. The van der Waals surface area contributed by atoms with Crippen LogP contribution >= 0.6 is 11.3 Å². The van der Waals surface area contributed by atoms with Crippen LogP contribution in [0.2, 0.25) is 0 Å². The van der Waals surface area contributed by atoms with Crippen molar-refractivity contribution in [2.24, 2.45) is 5.41 Å². The van der Waals surface area contributed by atoms with Crippen molar-refractivity contribution in [3.05, 3.63) is 15.6 Å². The van der Waals surface area contributed by atoms with Gasteiger partial charge in [-0.05, 0) is 52.9 Å². The van der Waals surface area contributed by atoms with Gasteiger partial charge in [-0.2, -0.15) is 0 Å². The quantitative estimate of drug-likeness (QED) is 0.923. The highest BCUT2D eigenvalue weighted by Gasteiger charge is 2.34. The van der Waals surface area contributed by atoms with Gasteiger partial charge in [0.1, 0.15) is 0 Å². The summed E-state index contributed by atoms with van der Waals surface area (Å²) in [6, 6.07) is 0. The van der Waals surface area contributed by atoms with Gasteiger partial charge in [0, 0.05) is 36.6 Å². The van der Waals surface area contributed by atoms with Crippen molar-refractivity contribution in [1.82, 2.24) is 10.3 Å². The second-order valence-electron chi connectivity index (χ2n) is 7.14. The molecule has 1 saturated heterocycles. The molecular weight excluding hydrogens is 268 g/mol. The molecule has 1 aromatic rings. The summed E-state index contributed by atoms with van der Waals surface area (Å²) in [5.74, 6) is 0. The van der Waals surface area contributed by atoms with Crippen LogP contribution in [0.5, 0.6) is 0 Å². The summed E-state index contributed by atoms with van der Waals surface area (Å²) in [6.45, 7) is 13.8. The van der Waals surface area contributed by atoms with Gasteiger partial charge in [0.2, 0.25) is 0 Å². The molecule has 1 N–H and O–H groups in total. The molecule has 0 radical (unpaired) electrons. The van der Waals surface area contributed by atoms with Crippen LogP contribution in [0, 0.1) is 19.3 Å². The molecule has 1 aliphatic rings. The van der Waals surface area contributed by atoms with E-state index in [4.69, 9.17) is 9.72 Å². The standard InChI is InChI=1S/C16H28N2OS/c1-12-13(2)20-14(18-12)10-16(6-8-19-9-7-16)11-17-15(3,4)5/h17H,6-11H2,1-5H3. The summed E-state index contributed by atoms with van der Waals surface area (Å²) in [5.41, 5.74) is 1.67. The van der Waals surface area contributed by atoms with Gasteiger partial charge in [0.15, 0.2) is 0 Å². The van der Waals surface area contributed by atoms with Gasteiger partial charge in [0.25, 0.3) is 0 Å². The molecule has 0 atom stereocenters. The molecule has 0 unspecified atom stereocenters. The minimum Gasteiger partial charge on any atom is -0.381 e. The molecule has 1 aromatic heterocycles. The summed E-state index contributed by atoms with van der Waals surface area (Å²) in [4.78, 5) is 6.10. The highest BCUT2D eigenvalue weighted by Crippen LogP contribution is 2.35. The largest absolute Gasteiger partial charge is 0.381 e. The maximum atomic E-state index is 5.58. The smallest absolute Gasteiger partial charge is 0.0936 e. The van der Waals surface area contributed by atoms with Gasteiger partial charge in [-0.15, -0.1) is 11.3 Å². The normalized spacial score (nSPS) is 19.2. The number of rotatable bonds is 4. The molecule has 1 aliphatic heterocycles. The SMILES string of the molecule is Cc1nc(CC2(CNC(C)(C)C)CCOCC2)sc1C. The lowest BCUT2D eigenvalue weighted by Gasteiger charge is -2.39. The molecule has 0 aliphatic carbocycles. The van der Waals surface area contributed by atoms with Crippen molar-refractivity contribution in [1.29, 1.82) is 0 Å². The fraction of sp³-hybridized carbons (Fsp3) is 0.812. The Morgan fingerprint density at radius 3 is 2.40 bits per heavy atom. The lowest BCUT2D eigenvalue weighted by atomic mass is 9.77. The van der Waals surface area contributed by atoms with Crippen LogP contribution in [0.3, 0.4) is 0 Å². The summed E-state index contributed by atoms with van der Waals surface area (Å²) in [7, 11) is 0. The first-order valence-corrected chi connectivity index (χ1v) is 8.37. The maximum absolute atomic E-state index is 5.58. The molecule has 114 valence electrons. The number of aryl methyl sites for hydroxylation is 2. The summed E-state index contributed by atoms with van der Waals surface area (Å²) in [6.07, 6.45) is 3.35. The van der Waals surface area contributed by atoms with Crippen LogP contribution < -0.4 is 5.32 Å². The summed E-state index contributed by atoms with van der Waals surface area (Å²) in [5, 5.41) is 4.98. The van der Waals surface area contributed by atoms with Crippen molar-refractivity contribution in [2.75, 3.05) is 19.8 Å². The van der Waals surface area contributed by atoms with E-state index < -0.39 is 0 Å². The Balaban J connectivity index is 2.10. The molecule has 0 spiro atoms. The fourth-order valence-electron chi connectivity index (χ4n) is 2.61. The van der Waals surface area contributed by atoms with E-state index in [-0.39, 0.29) is 5.54 Å². The van der Waals surface area contributed by atoms with Crippen LogP contribution in [0.15, 0.2) is 0 Å². The topological polar surface area (TPSA) is 34.2 Å². The summed E-state index contributed by atoms with van der Waals surface area (Å²) < 4.78 is 5.58. The molecule has 20 heavy (non-hydrogen) atoms. The Hall–Kier alpha value is -0.450. The Morgan fingerprint density at radius 2 is 1.90 bits per heavy atom. The van der Waals surface area contributed by atoms with Crippen molar-refractivity contribution < 1.29 is 4.74 Å². The number of hydrogen-bond donors (Lipinski definition) is 1. The van der Waals surface area contributed by atoms with Crippen LogP contribution in [0.25, 0.3) is 0 Å².